The van der Waals surface area contributed by atoms with Crippen molar-refractivity contribution in [2.45, 2.75) is 19.9 Å². The Morgan fingerprint density at radius 3 is 2.58 bits per heavy atom. The van der Waals surface area contributed by atoms with Crippen LogP contribution in [0.4, 0.5) is 0 Å². The molecule has 0 saturated heterocycles. The van der Waals surface area contributed by atoms with Crippen molar-refractivity contribution in [1.82, 2.24) is 15.6 Å². The highest BCUT2D eigenvalue weighted by atomic mass is 32.1. The first-order valence-electron chi connectivity index (χ1n) is 8.22. The summed E-state index contributed by atoms with van der Waals surface area (Å²) in [5.41, 5.74) is 1.40. The molecule has 2 aromatic heterocycles. The topological polar surface area (TPSA) is 84.2 Å². The van der Waals surface area contributed by atoms with Crippen LogP contribution in [0.1, 0.15) is 23.5 Å². The maximum Gasteiger partial charge on any atom is 0.264 e. The average Bonchev–Trinajstić information content (AvgIpc) is 3.29. The fourth-order valence-corrected chi connectivity index (χ4v) is 3.36. The summed E-state index contributed by atoms with van der Waals surface area (Å²) in [7, 11) is 0. The molecule has 0 aliphatic rings. The first-order valence-corrected chi connectivity index (χ1v) is 9.04. The van der Waals surface area contributed by atoms with Crippen molar-refractivity contribution in [2.24, 2.45) is 0 Å². The first kappa shape index (κ1) is 17.9. The largest absolute Gasteiger partial charge is 0.462 e. The van der Waals surface area contributed by atoms with Gasteiger partial charge in [0, 0.05) is 11.6 Å². The molecule has 1 aromatic carbocycles. The highest BCUT2D eigenvalue weighted by molar-refractivity contribution is 7.17. The maximum atomic E-state index is 12.7. The van der Waals surface area contributed by atoms with E-state index in [9.17, 15) is 9.59 Å². The van der Waals surface area contributed by atoms with Gasteiger partial charge in [-0.25, -0.2) is 4.98 Å². The van der Waals surface area contributed by atoms with E-state index in [2.05, 4.69) is 15.6 Å². The second kappa shape index (κ2) is 7.97. The van der Waals surface area contributed by atoms with Crippen LogP contribution in [0, 0.1) is 0 Å². The minimum Gasteiger partial charge on any atom is -0.462 e. The van der Waals surface area contributed by atoms with Gasteiger partial charge < -0.3 is 15.1 Å². The van der Waals surface area contributed by atoms with Gasteiger partial charge in [-0.1, -0.05) is 30.3 Å². The summed E-state index contributed by atoms with van der Waals surface area (Å²) < 4.78 is 5.40. The van der Waals surface area contributed by atoms with E-state index >= 15 is 0 Å². The molecule has 6 nitrogen and oxygen atoms in total. The minimum atomic E-state index is -0.335. The Bertz CT molecular complexity index is 886. The molecule has 3 aromatic rings. The van der Waals surface area contributed by atoms with Gasteiger partial charge in [0.2, 0.25) is 5.91 Å². The number of furan rings is 1. The van der Waals surface area contributed by atoms with Gasteiger partial charge in [-0.15, -0.1) is 11.3 Å². The molecule has 26 heavy (non-hydrogen) atoms. The van der Waals surface area contributed by atoms with Gasteiger partial charge in [0.1, 0.15) is 4.88 Å². The summed E-state index contributed by atoms with van der Waals surface area (Å²) >= 11 is 1.24. The van der Waals surface area contributed by atoms with Crippen LogP contribution in [0.3, 0.4) is 0 Å². The number of nitrogens with one attached hydrogen (secondary N) is 2. The third-order valence-electron chi connectivity index (χ3n) is 3.47. The van der Waals surface area contributed by atoms with Crippen molar-refractivity contribution in [3.05, 3.63) is 53.6 Å². The lowest BCUT2D eigenvalue weighted by Crippen LogP contribution is -2.39. The molecule has 2 N–H and O–H groups in total. The molecule has 0 atom stereocenters. The number of benzene rings is 1. The lowest BCUT2D eigenvalue weighted by molar-refractivity contribution is -0.120. The Hall–Kier alpha value is -2.93. The number of aromatic nitrogens is 1. The number of nitrogens with zero attached hydrogens (tertiary/aromatic N) is 1. The number of hydrogen-bond donors (Lipinski definition) is 2. The van der Waals surface area contributed by atoms with Gasteiger partial charge in [-0.05, 0) is 26.0 Å². The second-order valence-corrected chi connectivity index (χ2v) is 6.94. The molecule has 0 aliphatic heterocycles. The van der Waals surface area contributed by atoms with Crippen LogP contribution >= 0.6 is 11.3 Å². The zero-order chi connectivity index (χ0) is 18.5. The van der Waals surface area contributed by atoms with Crippen LogP contribution in [0.2, 0.25) is 0 Å². The average molecular weight is 369 g/mol. The van der Waals surface area contributed by atoms with Crippen molar-refractivity contribution in [2.75, 3.05) is 6.54 Å². The van der Waals surface area contributed by atoms with Crippen molar-refractivity contribution >= 4 is 23.2 Å². The van der Waals surface area contributed by atoms with E-state index in [0.717, 1.165) is 5.56 Å². The molecular formula is C19H19N3O3S. The van der Waals surface area contributed by atoms with E-state index < -0.39 is 0 Å². The molecule has 134 valence electrons. The number of carbonyl (C=O) groups excluding carboxylic acids is 2. The number of rotatable bonds is 6. The van der Waals surface area contributed by atoms with Gasteiger partial charge in [-0.2, -0.15) is 0 Å². The van der Waals surface area contributed by atoms with Crippen LogP contribution in [0.5, 0.6) is 0 Å². The van der Waals surface area contributed by atoms with Crippen LogP contribution < -0.4 is 10.6 Å². The SMILES string of the molecule is CC(C)NC(=O)CNC(=O)c1sc(-c2ccco2)nc1-c1ccccc1. The maximum absolute atomic E-state index is 12.7. The highest BCUT2D eigenvalue weighted by Crippen LogP contribution is 2.33. The summed E-state index contributed by atoms with van der Waals surface area (Å²) in [5.74, 6) is 0.0345. The lowest BCUT2D eigenvalue weighted by atomic mass is 10.1. The smallest absolute Gasteiger partial charge is 0.264 e. The fourth-order valence-electron chi connectivity index (χ4n) is 2.39. The molecule has 2 amide bonds. The molecule has 0 fully saturated rings. The highest BCUT2D eigenvalue weighted by Gasteiger charge is 2.21. The summed E-state index contributed by atoms with van der Waals surface area (Å²) in [6.45, 7) is 3.65. The summed E-state index contributed by atoms with van der Waals surface area (Å²) in [6, 6.07) is 13.1. The first-order chi connectivity index (χ1) is 12.5. The molecule has 2 heterocycles. The monoisotopic (exact) mass is 369 g/mol. The summed E-state index contributed by atoms with van der Waals surface area (Å²) in [5, 5.41) is 6.02. The predicted molar refractivity (Wildman–Crippen MR) is 101 cm³/mol. The predicted octanol–water partition coefficient (Wildman–Crippen LogP) is 3.32. The standard InChI is InChI=1S/C19H19N3O3S/c1-12(2)21-15(23)11-20-18(24)17-16(13-7-4-3-5-8-13)22-19(26-17)14-9-6-10-25-14/h3-10,12H,11H2,1-2H3,(H,20,24)(H,21,23). The molecule has 3 rings (SSSR count). The van der Waals surface area contributed by atoms with Gasteiger partial charge >= 0.3 is 0 Å². The van der Waals surface area contributed by atoms with Crippen molar-refractivity contribution < 1.29 is 14.0 Å². The molecule has 0 aliphatic carbocycles. The Labute approximate surface area is 155 Å². The summed E-state index contributed by atoms with van der Waals surface area (Å²) in [6.07, 6.45) is 1.56. The molecule has 0 saturated carbocycles. The van der Waals surface area contributed by atoms with E-state index in [4.69, 9.17) is 4.42 Å². The quantitative estimate of drug-likeness (QED) is 0.698. The van der Waals surface area contributed by atoms with Gasteiger partial charge in [0.05, 0.1) is 18.5 Å². The molecule has 0 radical (unpaired) electrons. The van der Waals surface area contributed by atoms with Crippen LogP contribution in [0.15, 0.2) is 53.1 Å². The lowest BCUT2D eigenvalue weighted by Gasteiger charge is -2.09. The van der Waals surface area contributed by atoms with E-state index in [1.807, 2.05) is 44.2 Å². The van der Waals surface area contributed by atoms with E-state index in [1.165, 1.54) is 11.3 Å². The van der Waals surface area contributed by atoms with Crippen LogP contribution in [-0.4, -0.2) is 29.4 Å². The Kier molecular flexibility index (Phi) is 5.48. The Morgan fingerprint density at radius 2 is 1.92 bits per heavy atom. The molecule has 0 unspecified atom stereocenters. The zero-order valence-corrected chi connectivity index (χ0v) is 15.3. The Morgan fingerprint density at radius 1 is 1.15 bits per heavy atom. The third-order valence-corrected chi connectivity index (χ3v) is 4.54. The number of carbonyl (C=O) groups is 2. The molecular weight excluding hydrogens is 350 g/mol. The van der Waals surface area contributed by atoms with Gasteiger partial charge in [0.25, 0.3) is 5.91 Å². The normalized spacial score (nSPS) is 10.7. The number of hydrogen-bond acceptors (Lipinski definition) is 5. The number of amides is 2. The second-order valence-electron chi connectivity index (χ2n) is 5.94. The minimum absolute atomic E-state index is 0.0215. The third kappa shape index (κ3) is 4.18. The summed E-state index contributed by atoms with van der Waals surface area (Å²) in [4.78, 5) is 29.5. The van der Waals surface area contributed by atoms with E-state index in [0.29, 0.717) is 21.3 Å². The van der Waals surface area contributed by atoms with Gasteiger partial charge in [0.15, 0.2) is 10.8 Å². The van der Waals surface area contributed by atoms with Crippen molar-refractivity contribution in [3.8, 4) is 22.0 Å². The van der Waals surface area contributed by atoms with Gasteiger partial charge in [-0.3, -0.25) is 9.59 Å². The van der Waals surface area contributed by atoms with E-state index in [-0.39, 0.29) is 24.4 Å². The molecule has 0 spiro atoms. The fraction of sp³-hybridized carbons (Fsp3) is 0.211. The van der Waals surface area contributed by atoms with Crippen molar-refractivity contribution in [3.63, 3.8) is 0 Å². The molecule has 0 bridgehead atoms. The van der Waals surface area contributed by atoms with Crippen LogP contribution in [-0.2, 0) is 4.79 Å². The Balaban J connectivity index is 1.87. The zero-order valence-electron chi connectivity index (χ0n) is 14.5. The molecule has 7 heteroatoms. The van der Waals surface area contributed by atoms with E-state index in [1.54, 1.807) is 18.4 Å². The van der Waals surface area contributed by atoms with Crippen LogP contribution in [0.25, 0.3) is 22.0 Å². The number of thiazole rings is 1. The van der Waals surface area contributed by atoms with Crippen molar-refractivity contribution in [1.29, 1.82) is 0 Å².